The van der Waals surface area contributed by atoms with Gasteiger partial charge in [0, 0.05) is 19.5 Å². The fraction of sp³-hybridized carbons (Fsp3) is 0.316. The molecule has 4 rings (SSSR count). The van der Waals surface area contributed by atoms with Crippen LogP contribution < -0.4 is 5.32 Å². The zero-order valence-electron chi connectivity index (χ0n) is 12.0. The van der Waals surface area contributed by atoms with E-state index in [1.807, 2.05) is 6.07 Å². The van der Waals surface area contributed by atoms with Crippen LogP contribution in [0.15, 0.2) is 48.5 Å². The number of hydrogen-bond donors (Lipinski definition) is 1. The monoisotopic (exact) mass is 277 g/mol. The average molecular weight is 277 g/mol. The number of nitrogens with one attached hydrogen (secondary N) is 1. The molecule has 2 aliphatic rings. The van der Waals surface area contributed by atoms with Crippen molar-refractivity contribution in [1.82, 2.24) is 5.32 Å². The maximum absolute atomic E-state index is 12.7. The SMILES string of the molecule is O=C(CC1Cc2ccccc21)C1CNCc2ccccc21. The van der Waals surface area contributed by atoms with E-state index in [0.29, 0.717) is 18.1 Å². The molecule has 2 aromatic rings. The molecular formula is C19H19NO. The van der Waals surface area contributed by atoms with Crippen molar-refractivity contribution in [2.24, 2.45) is 0 Å². The smallest absolute Gasteiger partial charge is 0.142 e. The predicted molar refractivity (Wildman–Crippen MR) is 83.4 cm³/mol. The minimum atomic E-state index is 0.0303. The summed E-state index contributed by atoms with van der Waals surface area (Å²) >= 11 is 0. The summed E-state index contributed by atoms with van der Waals surface area (Å²) in [7, 11) is 0. The van der Waals surface area contributed by atoms with Crippen LogP contribution >= 0.6 is 0 Å². The Kier molecular flexibility index (Phi) is 3.12. The molecule has 2 unspecified atom stereocenters. The number of rotatable bonds is 3. The van der Waals surface area contributed by atoms with Gasteiger partial charge in [-0.05, 0) is 34.6 Å². The van der Waals surface area contributed by atoms with Crippen molar-refractivity contribution in [2.75, 3.05) is 6.54 Å². The lowest BCUT2D eigenvalue weighted by Crippen LogP contribution is -2.34. The number of ketones is 1. The van der Waals surface area contributed by atoms with Gasteiger partial charge in [-0.1, -0.05) is 48.5 Å². The molecule has 1 N–H and O–H groups in total. The average Bonchev–Trinajstić information content (AvgIpc) is 2.52. The van der Waals surface area contributed by atoms with Crippen LogP contribution in [-0.2, 0) is 17.8 Å². The Balaban J connectivity index is 1.52. The van der Waals surface area contributed by atoms with Crippen molar-refractivity contribution in [3.05, 3.63) is 70.8 Å². The number of hydrogen-bond acceptors (Lipinski definition) is 2. The molecule has 0 fully saturated rings. The van der Waals surface area contributed by atoms with Crippen LogP contribution in [-0.4, -0.2) is 12.3 Å². The number of carbonyl (C=O) groups excluding carboxylic acids is 1. The molecule has 1 aliphatic heterocycles. The van der Waals surface area contributed by atoms with Gasteiger partial charge in [-0.25, -0.2) is 0 Å². The standard InChI is InChI=1S/C19H19NO/c21-19(10-15-9-13-5-1-3-7-16(13)15)18-12-20-11-14-6-2-4-8-17(14)18/h1-8,15,18,20H,9-12H2. The summed E-state index contributed by atoms with van der Waals surface area (Å²) < 4.78 is 0. The Bertz CT molecular complexity index is 691. The van der Waals surface area contributed by atoms with E-state index in [-0.39, 0.29) is 5.92 Å². The Morgan fingerprint density at radius 3 is 2.52 bits per heavy atom. The van der Waals surface area contributed by atoms with E-state index in [4.69, 9.17) is 0 Å². The van der Waals surface area contributed by atoms with Gasteiger partial charge in [0.2, 0.25) is 0 Å². The summed E-state index contributed by atoms with van der Waals surface area (Å²) in [6, 6.07) is 16.8. The van der Waals surface area contributed by atoms with Crippen LogP contribution in [0, 0.1) is 0 Å². The molecule has 0 saturated heterocycles. The first-order chi connectivity index (χ1) is 10.3. The Labute approximate surface area is 125 Å². The van der Waals surface area contributed by atoms with Crippen LogP contribution in [0.1, 0.15) is 40.5 Å². The lowest BCUT2D eigenvalue weighted by atomic mass is 9.73. The minimum absolute atomic E-state index is 0.0303. The second kappa shape index (κ2) is 5.12. The minimum Gasteiger partial charge on any atom is -0.312 e. The summed E-state index contributed by atoms with van der Waals surface area (Å²) in [6.45, 7) is 1.66. The van der Waals surface area contributed by atoms with Crippen molar-refractivity contribution in [2.45, 2.75) is 31.2 Å². The first-order valence-electron chi connectivity index (χ1n) is 7.72. The third-order valence-corrected chi connectivity index (χ3v) is 4.89. The normalized spacial score (nSPS) is 22.9. The third-order valence-electron chi connectivity index (χ3n) is 4.89. The van der Waals surface area contributed by atoms with Gasteiger partial charge >= 0.3 is 0 Å². The molecule has 2 aromatic carbocycles. The maximum atomic E-state index is 12.7. The van der Waals surface area contributed by atoms with Crippen LogP contribution in [0.25, 0.3) is 0 Å². The highest BCUT2D eigenvalue weighted by atomic mass is 16.1. The molecule has 2 atom stereocenters. The third kappa shape index (κ3) is 2.20. The predicted octanol–water partition coefficient (Wildman–Crippen LogP) is 3.17. The van der Waals surface area contributed by atoms with E-state index in [2.05, 4.69) is 47.8 Å². The molecule has 1 aliphatic carbocycles. The van der Waals surface area contributed by atoms with E-state index >= 15 is 0 Å². The molecule has 0 spiro atoms. The van der Waals surface area contributed by atoms with Crippen molar-refractivity contribution in [3.63, 3.8) is 0 Å². The molecular weight excluding hydrogens is 258 g/mol. The highest BCUT2D eigenvalue weighted by Crippen LogP contribution is 2.39. The maximum Gasteiger partial charge on any atom is 0.142 e. The summed E-state index contributed by atoms with van der Waals surface area (Å²) in [6.07, 6.45) is 1.74. The summed E-state index contributed by atoms with van der Waals surface area (Å²) in [4.78, 5) is 12.7. The molecule has 0 amide bonds. The fourth-order valence-corrected chi connectivity index (χ4v) is 3.71. The Morgan fingerprint density at radius 2 is 1.71 bits per heavy atom. The summed E-state index contributed by atoms with van der Waals surface area (Å²) in [5.74, 6) is 0.847. The Morgan fingerprint density at radius 1 is 1.00 bits per heavy atom. The van der Waals surface area contributed by atoms with Crippen molar-refractivity contribution in [1.29, 1.82) is 0 Å². The second-order valence-corrected chi connectivity index (χ2v) is 6.15. The van der Waals surface area contributed by atoms with Gasteiger partial charge in [0.15, 0.2) is 0 Å². The first-order valence-corrected chi connectivity index (χ1v) is 7.72. The van der Waals surface area contributed by atoms with Gasteiger partial charge in [0.25, 0.3) is 0 Å². The van der Waals surface area contributed by atoms with Gasteiger partial charge in [0.1, 0.15) is 5.78 Å². The molecule has 1 heterocycles. The molecule has 0 aromatic heterocycles. The van der Waals surface area contributed by atoms with Crippen LogP contribution in [0.4, 0.5) is 0 Å². The molecule has 106 valence electrons. The van der Waals surface area contributed by atoms with Gasteiger partial charge in [-0.2, -0.15) is 0 Å². The topological polar surface area (TPSA) is 29.1 Å². The van der Waals surface area contributed by atoms with E-state index in [1.54, 1.807) is 0 Å². The van der Waals surface area contributed by atoms with E-state index in [9.17, 15) is 4.79 Å². The molecule has 0 saturated carbocycles. The van der Waals surface area contributed by atoms with Crippen LogP contribution in [0.2, 0.25) is 0 Å². The van der Waals surface area contributed by atoms with Gasteiger partial charge in [0.05, 0.1) is 5.92 Å². The second-order valence-electron chi connectivity index (χ2n) is 6.15. The van der Waals surface area contributed by atoms with E-state index in [0.717, 1.165) is 19.5 Å². The summed E-state index contributed by atoms with van der Waals surface area (Å²) in [5.41, 5.74) is 5.30. The van der Waals surface area contributed by atoms with Crippen molar-refractivity contribution >= 4 is 5.78 Å². The highest BCUT2D eigenvalue weighted by molar-refractivity contribution is 5.87. The number of fused-ring (bicyclic) bond motifs is 2. The van der Waals surface area contributed by atoms with Gasteiger partial charge in [-0.15, -0.1) is 0 Å². The van der Waals surface area contributed by atoms with E-state index < -0.39 is 0 Å². The number of carbonyl (C=O) groups is 1. The quantitative estimate of drug-likeness (QED) is 0.933. The van der Waals surface area contributed by atoms with Crippen LogP contribution in [0.3, 0.4) is 0 Å². The summed E-state index contributed by atoms with van der Waals surface area (Å²) in [5, 5.41) is 3.38. The first kappa shape index (κ1) is 12.8. The highest BCUT2D eigenvalue weighted by Gasteiger charge is 2.32. The van der Waals surface area contributed by atoms with Crippen molar-refractivity contribution < 1.29 is 4.79 Å². The lowest BCUT2D eigenvalue weighted by molar-refractivity contribution is -0.121. The van der Waals surface area contributed by atoms with Gasteiger partial charge in [-0.3, -0.25) is 4.79 Å². The fourth-order valence-electron chi connectivity index (χ4n) is 3.71. The lowest BCUT2D eigenvalue weighted by Gasteiger charge is -2.32. The number of Topliss-reactive ketones (excluding diaryl/α,β-unsaturated/α-hetero) is 1. The molecule has 0 bridgehead atoms. The zero-order valence-corrected chi connectivity index (χ0v) is 12.0. The van der Waals surface area contributed by atoms with E-state index in [1.165, 1.54) is 22.3 Å². The molecule has 0 radical (unpaired) electrons. The number of benzene rings is 2. The molecule has 21 heavy (non-hydrogen) atoms. The van der Waals surface area contributed by atoms with Crippen molar-refractivity contribution in [3.8, 4) is 0 Å². The molecule has 2 nitrogen and oxygen atoms in total. The molecule has 2 heteroatoms. The van der Waals surface area contributed by atoms with Crippen LogP contribution in [0.5, 0.6) is 0 Å². The largest absolute Gasteiger partial charge is 0.312 e. The van der Waals surface area contributed by atoms with Gasteiger partial charge < -0.3 is 5.32 Å². The Hall–Kier alpha value is -1.93. The zero-order chi connectivity index (χ0) is 14.2.